The Morgan fingerprint density at radius 3 is 2.28 bits per heavy atom. The number of hydrogen-bond donors (Lipinski definition) is 1. The van der Waals surface area contributed by atoms with Gasteiger partial charge < -0.3 is 10.1 Å². The van der Waals surface area contributed by atoms with Crippen molar-refractivity contribution < 1.29 is 18.7 Å². The van der Waals surface area contributed by atoms with Crippen molar-refractivity contribution in [2.75, 3.05) is 12.4 Å². The van der Waals surface area contributed by atoms with Gasteiger partial charge in [-0.25, -0.2) is 4.39 Å². The SMILES string of the molecule is CCC1CCC(C(=O)Nc2ccc(OC)cc2F)CC1.CCc1c(C)cccc1C(C)=O. The van der Waals surface area contributed by atoms with Crippen LogP contribution >= 0.6 is 0 Å². The molecule has 1 fully saturated rings. The van der Waals surface area contributed by atoms with Crippen LogP contribution in [-0.2, 0) is 11.2 Å². The van der Waals surface area contributed by atoms with E-state index in [2.05, 4.69) is 19.2 Å². The molecule has 0 bridgehead atoms. The highest BCUT2D eigenvalue weighted by molar-refractivity contribution is 5.95. The van der Waals surface area contributed by atoms with Gasteiger partial charge in [0.05, 0.1) is 12.8 Å². The van der Waals surface area contributed by atoms with Crippen molar-refractivity contribution in [2.24, 2.45) is 11.8 Å². The zero-order valence-electron chi connectivity index (χ0n) is 20.0. The van der Waals surface area contributed by atoms with Gasteiger partial charge in [-0.1, -0.05) is 38.5 Å². The molecular weight excluding hydrogens is 405 g/mol. The molecule has 174 valence electrons. The third-order valence-corrected chi connectivity index (χ3v) is 6.37. The summed E-state index contributed by atoms with van der Waals surface area (Å²) in [5.41, 5.74) is 3.50. The van der Waals surface area contributed by atoms with E-state index in [-0.39, 0.29) is 23.3 Å². The highest BCUT2D eigenvalue weighted by Crippen LogP contribution is 2.31. The summed E-state index contributed by atoms with van der Waals surface area (Å²) in [5.74, 6) is 0.846. The minimum atomic E-state index is -0.458. The third kappa shape index (κ3) is 6.91. The molecule has 32 heavy (non-hydrogen) atoms. The Morgan fingerprint density at radius 1 is 1.09 bits per heavy atom. The van der Waals surface area contributed by atoms with Crippen LogP contribution in [0.15, 0.2) is 36.4 Å². The number of hydrogen-bond acceptors (Lipinski definition) is 3. The summed E-state index contributed by atoms with van der Waals surface area (Å²) in [4.78, 5) is 23.3. The molecule has 1 N–H and O–H groups in total. The number of aryl methyl sites for hydroxylation is 1. The van der Waals surface area contributed by atoms with E-state index in [9.17, 15) is 14.0 Å². The van der Waals surface area contributed by atoms with Crippen molar-refractivity contribution in [1.82, 2.24) is 0 Å². The third-order valence-electron chi connectivity index (χ3n) is 6.37. The lowest BCUT2D eigenvalue weighted by Crippen LogP contribution is -2.27. The summed E-state index contributed by atoms with van der Waals surface area (Å²) in [6, 6.07) is 10.4. The van der Waals surface area contributed by atoms with Crippen LogP contribution in [0.2, 0.25) is 0 Å². The number of nitrogens with one attached hydrogen (secondary N) is 1. The first-order valence-corrected chi connectivity index (χ1v) is 11.5. The van der Waals surface area contributed by atoms with Crippen molar-refractivity contribution in [3.8, 4) is 5.75 Å². The smallest absolute Gasteiger partial charge is 0.227 e. The highest BCUT2D eigenvalue weighted by atomic mass is 19.1. The molecule has 2 aromatic rings. The molecule has 0 spiro atoms. The summed E-state index contributed by atoms with van der Waals surface area (Å²) in [7, 11) is 1.49. The minimum absolute atomic E-state index is 0.0132. The summed E-state index contributed by atoms with van der Waals surface area (Å²) < 4.78 is 18.7. The number of benzene rings is 2. The lowest BCUT2D eigenvalue weighted by molar-refractivity contribution is -0.121. The Bertz CT molecular complexity index is 917. The number of Topliss-reactive ketones (excluding diaryl/α,β-unsaturated/α-hetero) is 1. The molecule has 1 aliphatic carbocycles. The predicted octanol–water partition coefficient (Wildman–Crippen LogP) is 6.75. The Balaban J connectivity index is 0.000000258. The maximum absolute atomic E-state index is 13.8. The summed E-state index contributed by atoms with van der Waals surface area (Å²) >= 11 is 0. The van der Waals surface area contributed by atoms with E-state index < -0.39 is 5.82 Å². The van der Waals surface area contributed by atoms with Gasteiger partial charge in [0.25, 0.3) is 0 Å². The molecule has 3 rings (SSSR count). The predicted molar refractivity (Wildman–Crippen MR) is 128 cm³/mol. The van der Waals surface area contributed by atoms with E-state index in [0.29, 0.717) is 5.75 Å². The Kier molecular flexibility index (Phi) is 9.89. The van der Waals surface area contributed by atoms with Crippen LogP contribution < -0.4 is 10.1 Å². The van der Waals surface area contributed by atoms with Crippen molar-refractivity contribution >= 4 is 17.4 Å². The number of carbonyl (C=O) groups excluding carboxylic acids is 2. The van der Waals surface area contributed by atoms with Gasteiger partial charge in [-0.3, -0.25) is 9.59 Å². The number of ketones is 1. The molecule has 4 nitrogen and oxygen atoms in total. The van der Waals surface area contributed by atoms with Gasteiger partial charge in [-0.15, -0.1) is 0 Å². The average molecular weight is 442 g/mol. The number of halogens is 1. The van der Waals surface area contributed by atoms with Crippen molar-refractivity contribution in [1.29, 1.82) is 0 Å². The van der Waals surface area contributed by atoms with Crippen molar-refractivity contribution in [3.63, 3.8) is 0 Å². The molecule has 1 amide bonds. The standard InChI is InChI=1S/C16H22FNO2.C11H14O/c1-3-11-4-6-12(7-5-11)16(19)18-15-9-8-13(20-2)10-14(15)17;1-4-10-8(2)6-5-7-11(10)9(3)12/h8-12H,3-7H2,1-2H3,(H,18,19);5-7H,4H2,1-3H3. The molecule has 1 aliphatic rings. The molecule has 0 unspecified atom stereocenters. The number of methoxy groups -OCH3 is 1. The number of anilines is 1. The fourth-order valence-electron chi connectivity index (χ4n) is 4.29. The van der Waals surface area contributed by atoms with Gasteiger partial charge in [0, 0.05) is 17.5 Å². The van der Waals surface area contributed by atoms with Gasteiger partial charge >= 0.3 is 0 Å². The van der Waals surface area contributed by atoms with Crippen LogP contribution in [0.25, 0.3) is 0 Å². The number of ether oxygens (including phenoxy) is 1. The van der Waals surface area contributed by atoms with Crippen molar-refractivity contribution in [2.45, 2.75) is 66.2 Å². The zero-order chi connectivity index (χ0) is 23.7. The number of amides is 1. The van der Waals surface area contributed by atoms with E-state index in [1.165, 1.54) is 30.7 Å². The second kappa shape index (κ2) is 12.4. The zero-order valence-corrected chi connectivity index (χ0v) is 20.0. The highest BCUT2D eigenvalue weighted by Gasteiger charge is 2.26. The summed E-state index contributed by atoms with van der Waals surface area (Å²) in [6.07, 6.45) is 6.12. The molecule has 1 saturated carbocycles. The van der Waals surface area contributed by atoms with E-state index >= 15 is 0 Å². The average Bonchev–Trinajstić information content (AvgIpc) is 2.80. The molecule has 5 heteroatoms. The topological polar surface area (TPSA) is 55.4 Å². The normalized spacial score (nSPS) is 17.7. The fourth-order valence-corrected chi connectivity index (χ4v) is 4.29. The van der Waals surface area contributed by atoms with Crippen LogP contribution in [0.5, 0.6) is 5.75 Å². The summed E-state index contributed by atoms with van der Waals surface area (Å²) in [6.45, 7) is 7.94. The number of rotatable bonds is 6. The first-order chi connectivity index (χ1) is 15.3. The van der Waals surface area contributed by atoms with Gasteiger partial charge in [-0.05, 0) is 75.1 Å². The Morgan fingerprint density at radius 2 is 1.78 bits per heavy atom. The molecule has 0 heterocycles. The second-order valence-electron chi connectivity index (χ2n) is 8.47. The monoisotopic (exact) mass is 441 g/mol. The van der Waals surface area contributed by atoms with Crippen LogP contribution in [0.1, 0.15) is 74.4 Å². The molecule has 0 aromatic heterocycles. The molecule has 0 atom stereocenters. The van der Waals surface area contributed by atoms with Crippen LogP contribution in [0.4, 0.5) is 10.1 Å². The van der Waals surface area contributed by atoms with E-state index in [1.54, 1.807) is 19.1 Å². The van der Waals surface area contributed by atoms with E-state index in [4.69, 9.17) is 4.74 Å². The van der Waals surface area contributed by atoms with E-state index in [0.717, 1.165) is 43.6 Å². The van der Waals surface area contributed by atoms with Gasteiger partial charge in [0.2, 0.25) is 5.91 Å². The Hall–Kier alpha value is -2.69. The molecular formula is C27H36FNO3. The maximum Gasteiger partial charge on any atom is 0.227 e. The van der Waals surface area contributed by atoms with Crippen molar-refractivity contribution in [3.05, 3.63) is 58.9 Å². The van der Waals surface area contributed by atoms with Gasteiger partial charge in [-0.2, -0.15) is 0 Å². The Labute approximate surface area is 191 Å². The van der Waals surface area contributed by atoms with Crippen LogP contribution in [0.3, 0.4) is 0 Å². The first kappa shape index (κ1) is 25.6. The van der Waals surface area contributed by atoms with E-state index in [1.807, 2.05) is 25.1 Å². The van der Waals surface area contributed by atoms with Crippen LogP contribution in [0, 0.1) is 24.6 Å². The number of carbonyl (C=O) groups is 2. The largest absolute Gasteiger partial charge is 0.497 e. The fraction of sp³-hybridized carbons (Fsp3) is 0.481. The van der Waals surface area contributed by atoms with Gasteiger partial charge in [0.15, 0.2) is 5.78 Å². The maximum atomic E-state index is 13.8. The molecule has 0 radical (unpaired) electrons. The minimum Gasteiger partial charge on any atom is -0.497 e. The lowest BCUT2D eigenvalue weighted by atomic mass is 9.80. The first-order valence-electron chi connectivity index (χ1n) is 11.5. The molecule has 2 aromatic carbocycles. The summed E-state index contributed by atoms with van der Waals surface area (Å²) in [5, 5.41) is 2.69. The van der Waals surface area contributed by atoms with Gasteiger partial charge in [0.1, 0.15) is 11.6 Å². The molecule has 0 saturated heterocycles. The lowest BCUT2D eigenvalue weighted by Gasteiger charge is -2.26. The molecule has 0 aliphatic heterocycles. The van der Waals surface area contributed by atoms with Crippen LogP contribution in [-0.4, -0.2) is 18.8 Å². The quantitative estimate of drug-likeness (QED) is 0.505. The second-order valence-corrected chi connectivity index (χ2v) is 8.47.